The average Bonchev–Trinajstić information content (AvgIpc) is 3.22. The van der Waals surface area contributed by atoms with Gasteiger partial charge in [-0.05, 0) is 72.9 Å². The highest BCUT2D eigenvalue weighted by atomic mass is 79.9. The van der Waals surface area contributed by atoms with Gasteiger partial charge >= 0.3 is 0 Å². The highest BCUT2D eigenvalue weighted by Crippen LogP contribution is 2.38. The van der Waals surface area contributed by atoms with Crippen LogP contribution in [0.5, 0.6) is 0 Å². The van der Waals surface area contributed by atoms with Crippen molar-refractivity contribution in [2.75, 3.05) is 23.8 Å². The lowest BCUT2D eigenvalue weighted by molar-refractivity contribution is 0.735. The molecular formula is C18H21BrN6S. The molecule has 1 saturated heterocycles. The minimum absolute atomic E-state index is 0.544. The van der Waals surface area contributed by atoms with Crippen LogP contribution in [0.4, 0.5) is 17.2 Å². The average molecular weight is 433 g/mol. The lowest BCUT2D eigenvalue weighted by Gasteiger charge is -2.27. The van der Waals surface area contributed by atoms with Crippen molar-refractivity contribution in [3.63, 3.8) is 0 Å². The summed E-state index contributed by atoms with van der Waals surface area (Å²) in [4.78, 5) is 15.6. The Bertz CT molecular complexity index is 927. The van der Waals surface area contributed by atoms with E-state index in [9.17, 15) is 0 Å². The predicted octanol–water partition coefficient (Wildman–Crippen LogP) is 4.68. The van der Waals surface area contributed by atoms with E-state index >= 15 is 0 Å². The number of anilines is 3. The number of fused-ring (bicyclic) bond motifs is 1. The molecule has 0 saturated carbocycles. The summed E-state index contributed by atoms with van der Waals surface area (Å²) in [7, 11) is 1.93. The first kappa shape index (κ1) is 17.6. The van der Waals surface area contributed by atoms with Crippen LogP contribution in [0, 0.1) is 0 Å². The van der Waals surface area contributed by atoms with Gasteiger partial charge < -0.3 is 15.2 Å². The standard InChI is InChI=1S/C18H21BrN6S/c1-11-4-3-7-25(11)15-6-5-12(26-20-2)8-14(15)24-18-16-13(19)9-21-17(16)22-10-23-18/h5-6,8-11,20H,3-4,7H2,1-2H3,(H2,21,22,23,24)/t11-/m0/s1. The number of H-pyrrole nitrogens is 1. The Hall–Kier alpha value is -1.77. The summed E-state index contributed by atoms with van der Waals surface area (Å²) in [6.07, 6.45) is 5.93. The summed E-state index contributed by atoms with van der Waals surface area (Å²) < 4.78 is 4.10. The van der Waals surface area contributed by atoms with Crippen molar-refractivity contribution in [3.8, 4) is 0 Å². The SMILES string of the molecule is CNSc1ccc(N2CCC[C@@H]2C)c(Nc2ncnc3[nH]cc(Br)c23)c1. The van der Waals surface area contributed by atoms with E-state index in [-0.39, 0.29) is 0 Å². The molecule has 26 heavy (non-hydrogen) atoms. The molecule has 2 aromatic heterocycles. The van der Waals surface area contributed by atoms with Crippen LogP contribution in [0.2, 0.25) is 0 Å². The Morgan fingerprint density at radius 2 is 2.23 bits per heavy atom. The molecule has 1 atom stereocenters. The maximum absolute atomic E-state index is 4.48. The maximum Gasteiger partial charge on any atom is 0.144 e. The normalized spacial score (nSPS) is 17.2. The van der Waals surface area contributed by atoms with Crippen LogP contribution in [0.25, 0.3) is 11.0 Å². The van der Waals surface area contributed by atoms with E-state index in [1.54, 1.807) is 18.3 Å². The third-order valence-corrected chi connectivity index (χ3v) is 6.04. The van der Waals surface area contributed by atoms with Gasteiger partial charge in [0.05, 0.1) is 16.8 Å². The minimum atomic E-state index is 0.544. The minimum Gasteiger partial charge on any atom is -0.367 e. The van der Waals surface area contributed by atoms with Gasteiger partial charge in [-0.25, -0.2) is 9.97 Å². The summed E-state index contributed by atoms with van der Waals surface area (Å²) >= 11 is 5.19. The molecule has 4 rings (SSSR count). The third-order valence-electron chi connectivity index (χ3n) is 4.73. The lowest BCUT2D eigenvalue weighted by Crippen LogP contribution is -2.27. The second-order valence-corrected chi connectivity index (χ2v) is 8.32. The van der Waals surface area contributed by atoms with Gasteiger partial charge in [-0.2, -0.15) is 0 Å². The summed E-state index contributed by atoms with van der Waals surface area (Å²) in [5.74, 6) is 0.794. The predicted molar refractivity (Wildman–Crippen MR) is 112 cm³/mol. The van der Waals surface area contributed by atoms with E-state index in [2.05, 4.69) is 70.9 Å². The zero-order valence-electron chi connectivity index (χ0n) is 14.7. The van der Waals surface area contributed by atoms with Crippen LogP contribution in [-0.2, 0) is 0 Å². The fourth-order valence-electron chi connectivity index (χ4n) is 3.49. The summed E-state index contributed by atoms with van der Waals surface area (Å²) in [5, 5.41) is 4.51. The molecule has 0 amide bonds. The second-order valence-electron chi connectivity index (χ2n) is 6.38. The van der Waals surface area contributed by atoms with E-state index in [0.29, 0.717) is 6.04 Å². The molecule has 3 heterocycles. The molecule has 0 aliphatic carbocycles. The molecule has 136 valence electrons. The van der Waals surface area contributed by atoms with Crippen LogP contribution in [0.3, 0.4) is 0 Å². The van der Waals surface area contributed by atoms with E-state index < -0.39 is 0 Å². The molecule has 8 heteroatoms. The number of rotatable bonds is 5. The Balaban J connectivity index is 1.78. The number of nitrogens with zero attached hydrogens (tertiary/aromatic N) is 3. The zero-order valence-corrected chi connectivity index (χ0v) is 17.1. The monoisotopic (exact) mass is 432 g/mol. The van der Waals surface area contributed by atoms with E-state index in [0.717, 1.165) is 38.5 Å². The van der Waals surface area contributed by atoms with Crippen molar-refractivity contribution in [2.24, 2.45) is 0 Å². The fraction of sp³-hybridized carbons (Fsp3) is 0.333. The molecule has 1 aliphatic heterocycles. The first-order valence-corrected chi connectivity index (χ1v) is 10.3. The van der Waals surface area contributed by atoms with Gasteiger partial charge in [0.15, 0.2) is 0 Å². The number of hydrogen-bond acceptors (Lipinski definition) is 6. The van der Waals surface area contributed by atoms with Gasteiger partial charge in [-0.15, -0.1) is 0 Å². The molecule has 3 N–H and O–H groups in total. The third kappa shape index (κ3) is 3.28. The quantitative estimate of drug-likeness (QED) is 0.508. The number of nitrogens with one attached hydrogen (secondary N) is 3. The highest BCUT2D eigenvalue weighted by Gasteiger charge is 2.23. The zero-order chi connectivity index (χ0) is 18.1. The number of hydrogen-bond donors (Lipinski definition) is 3. The highest BCUT2D eigenvalue weighted by molar-refractivity contribution is 9.10. The number of aromatic nitrogens is 3. The second kappa shape index (κ2) is 7.46. The van der Waals surface area contributed by atoms with Crippen LogP contribution >= 0.6 is 27.9 Å². The Morgan fingerprint density at radius 3 is 3.00 bits per heavy atom. The number of benzene rings is 1. The summed E-state index contributed by atoms with van der Waals surface area (Å²) in [6, 6.07) is 7.08. The fourth-order valence-corrected chi connectivity index (χ4v) is 4.52. The summed E-state index contributed by atoms with van der Waals surface area (Å²) in [5.41, 5.74) is 3.09. The van der Waals surface area contributed by atoms with Crippen LogP contribution < -0.4 is 14.9 Å². The Morgan fingerprint density at radius 1 is 1.35 bits per heavy atom. The number of aromatic amines is 1. The topological polar surface area (TPSA) is 68.9 Å². The maximum atomic E-state index is 4.48. The van der Waals surface area contributed by atoms with E-state index in [4.69, 9.17) is 0 Å². The Labute approximate surface area is 165 Å². The first-order valence-electron chi connectivity index (χ1n) is 8.66. The smallest absolute Gasteiger partial charge is 0.144 e. The van der Waals surface area contributed by atoms with E-state index in [1.807, 2.05) is 13.2 Å². The van der Waals surface area contributed by atoms with Crippen molar-refractivity contribution >= 4 is 56.1 Å². The van der Waals surface area contributed by atoms with Crippen LogP contribution in [0.1, 0.15) is 19.8 Å². The molecule has 1 aromatic carbocycles. The molecule has 3 aromatic rings. The molecule has 0 radical (unpaired) electrons. The molecule has 6 nitrogen and oxygen atoms in total. The van der Waals surface area contributed by atoms with E-state index in [1.165, 1.54) is 18.5 Å². The van der Waals surface area contributed by atoms with Crippen molar-refractivity contribution in [2.45, 2.75) is 30.7 Å². The molecule has 1 fully saturated rings. The van der Waals surface area contributed by atoms with Gasteiger partial charge in [0, 0.05) is 28.2 Å². The van der Waals surface area contributed by atoms with Gasteiger partial charge in [0.2, 0.25) is 0 Å². The summed E-state index contributed by atoms with van der Waals surface area (Å²) in [6.45, 7) is 3.38. The Kier molecular flexibility index (Phi) is 5.06. The van der Waals surface area contributed by atoms with Gasteiger partial charge in [-0.3, -0.25) is 4.72 Å². The van der Waals surface area contributed by atoms with Gasteiger partial charge in [0.1, 0.15) is 17.8 Å². The molecular weight excluding hydrogens is 412 g/mol. The van der Waals surface area contributed by atoms with Gasteiger partial charge in [-0.1, -0.05) is 0 Å². The van der Waals surface area contributed by atoms with Crippen LogP contribution in [-0.4, -0.2) is 34.6 Å². The van der Waals surface area contributed by atoms with Crippen LogP contribution in [0.15, 0.2) is 40.1 Å². The largest absolute Gasteiger partial charge is 0.367 e. The molecule has 1 aliphatic rings. The number of halogens is 1. The molecule has 0 bridgehead atoms. The van der Waals surface area contributed by atoms with Crippen molar-refractivity contribution in [1.29, 1.82) is 0 Å². The molecule has 0 spiro atoms. The first-order chi connectivity index (χ1) is 12.7. The molecule has 0 unspecified atom stereocenters. The van der Waals surface area contributed by atoms with Crippen molar-refractivity contribution in [1.82, 2.24) is 19.7 Å². The van der Waals surface area contributed by atoms with Crippen molar-refractivity contribution < 1.29 is 0 Å². The van der Waals surface area contributed by atoms with Crippen molar-refractivity contribution in [3.05, 3.63) is 35.2 Å². The van der Waals surface area contributed by atoms with Gasteiger partial charge in [0.25, 0.3) is 0 Å². The lowest BCUT2D eigenvalue weighted by atomic mass is 10.2.